The van der Waals surface area contributed by atoms with E-state index in [-0.39, 0.29) is 5.91 Å². The molecule has 1 N–H and O–H groups in total. The summed E-state index contributed by atoms with van der Waals surface area (Å²) in [6.07, 6.45) is 0. The first-order valence-corrected chi connectivity index (χ1v) is 7.67. The molecule has 1 amide bonds. The van der Waals surface area contributed by atoms with Crippen molar-refractivity contribution in [2.75, 3.05) is 5.32 Å². The van der Waals surface area contributed by atoms with Gasteiger partial charge in [-0.05, 0) is 43.7 Å². The third-order valence-corrected chi connectivity index (χ3v) is 4.51. The van der Waals surface area contributed by atoms with E-state index >= 15 is 0 Å². The molecule has 3 rings (SSSR count). The molecule has 1 heterocycles. The van der Waals surface area contributed by atoms with Crippen molar-refractivity contribution in [3.8, 4) is 0 Å². The van der Waals surface area contributed by atoms with E-state index in [9.17, 15) is 4.79 Å². The minimum absolute atomic E-state index is 0.152. The Morgan fingerprint density at radius 3 is 2.81 bits per heavy atom. The van der Waals surface area contributed by atoms with Crippen LogP contribution in [0.2, 0.25) is 5.02 Å². The molecule has 0 aliphatic carbocycles. The van der Waals surface area contributed by atoms with Crippen molar-refractivity contribution in [3.05, 3.63) is 58.1 Å². The molecule has 0 aliphatic rings. The van der Waals surface area contributed by atoms with Crippen molar-refractivity contribution in [1.29, 1.82) is 0 Å². The number of halogens is 1. The van der Waals surface area contributed by atoms with Crippen LogP contribution in [0.25, 0.3) is 10.2 Å². The van der Waals surface area contributed by atoms with E-state index < -0.39 is 0 Å². The van der Waals surface area contributed by atoms with E-state index in [1.165, 1.54) is 11.3 Å². The molecule has 0 unspecified atom stereocenters. The number of carbonyl (C=O) groups excluding carboxylic acids is 1. The zero-order valence-electron chi connectivity index (χ0n) is 11.6. The highest BCUT2D eigenvalue weighted by molar-refractivity contribution is 7.22. The Morgan fingerprint density at radius 2 is 2.05 bits per heavy atom. The predicted molar refractivity (Wildman–Crippen MR) is 88.5 cm³/mol. The number of fused-ring (bicyclic) bond motifs is 1. The van der Waals surface area contributed by atoms with E-state index in [0.717, 1.165) is 21.3 Å². The second-order valence-electron chi connectivity index (χ2n) is 4.91. The van der Waals surface area contributed by atoms with Crippen LogP contribution in [0.3, 0.4) is 0 Å². The van der Waals surface area contributed by atoms with E-state index in [1.807, 2.05) is 44.2 Å². The van der Waals surface area contributed by atoms with Gasteiger partial charge in [0, 0.05) is 10.6 Å². The van der Waals surface area contributed by atoms with E-state index in [2.05, 4.69) is 10.3 Å². The van der Waals surface area contributed by atoms with Gasteiger partial charge in [-0.1, -0.05) is 40.6 Å². The van der Waals surface area contributed by atoms with Gasteiger partial charge in [0.25, 0.3) is 5.91 Å². The highest BCUT2D eigenvalue weighted by Crippen LogP contribution is 2.30. The molecule has 0 spiro atoms. The molecular formula is C16H13ClN2OS. The number of aromatic nitrogens is 1. The van der Waals surface area contributed by atoms with Crippen LogP contribution >= 0.6 is 22.9 Å². The molecule has 0 atom stereocenters. The fourth-order valence-corrected chi connectivity index (χ4v) is 3.16. The van der Waals surface area contributed by atoms with Crippen LogP contribution in [0.5, 0.6) is 0 Å². The van der Waals surface area contributed by atoms with Gasteiger partial charge in [0.15, 0.2) is 5.13 Å². The predicted octanol–water partition coefficient (Wildman–Crippen LogP) is 4.82. The Balaban J connectivity index is 1.89. The Bertz CT molecular complexity index is 802. The standard InChI is InChI=1S/C16H13ClN2OS/c1-9-4-3-5-11(6-9)15(20)19-16-18-13-8-12(17)10(2)7-14(13)21-16/h3-8H,1-2H3,(H,18,19,20). The van der Waals surface area contributed by atoms with Crippen LogP contribution < -0.4 is 5.32 Å². The van der Waals surface area contributed by atoms with Crippen LogP contribution in [0.4, 0.5) is 5.13 Å². The molecular weight excluding hydrogens is 304 g/mol. The lowest BCUT2D eigenvalue weighted by Gasteiger charge is -2.02. The molecule has 5 heteroatoms. The van der Waals surface area contributed by atoms with E-state index in [0.29, 0.717) is 15.7 Å². The minimum Gasteiger partial charge on any atom is -0.298 e. The molecule has 0 fully saturated rings. The lowest BCUT2D eigenvalue weighted by Crippen LogP contribution is -2.11. The monoisotopic (exact) mass is 316 g/mol. The first kappa shape index (κ1) is 14.0. The van der Waals surface area contributed by atoms with Crippen molar-refractivity contribution in [3.63, 3.8) is 0 Å². The first-order chi connectivity index (χ1) is 10.0. The summed E-state index contributed by atoms with van der Waals surface area (Å²) in [7, 11) is 0. The SMILES string of the molecule is Cc1cccc(C(=O)Nc2nc3cc(Cl)c(C)cc3s2)c1. The van der Waals surface area contributed by atoms with Crippen LogP contribution in [0.15, 0.2) is 36.4 Å². The molecule has 0 radical (unpaired) electrons. The third kappa shape index (κ3) is 2.91. The van der Waals surface area contributed by atoms with Crippen molar-refractivity contribution in [2.24, 2.45) is 0 Å². The van der Waals surface area contributed by atoms with Gasteiger partial charge < -0.3 is 0 Å². The summed E-state index contributed by atoms with van der Waals surface area (Å²) in [6, 6.07) is 11.3. The quantitative estimate of drug-likeness (QED) is 0.736. The Morgan fingerprint density at radius 1 is 1.24 bits per heavy atom. The van der Waals surface area contributed by atoms with Crippen LogP contribution in [0, 0.1) is 13.8 Å². The molecule has 0 aliphatic heterocycles. The molecule has 0 bridgehead atoms. The number of anilines is 1. The Hall–Kier alpha value is -1.91. The number of hydrogen-bond acceptors (Lipinski definition) is 3. The number of nitrogens with zero attached hydrogens (tertiary/aromatic N) is 1. The van der Waals surface area contributed by atoms with Gasteiger partial charge in [-0.2, -0.15) is 0 Å². The fourth-order valence-electron chi connectivity index (χ4n) is 2.06. The number of nitrogens with one attached hydrogen (secondary N) is 1. The van der Waals surface area contributed by atoms with Crippen molar-refractivity contribution < 1.29 is 4.79 Å². The maximum Gasteiger partial charge on any atom is 0.257 e. The maximum atomic E-state index is 12.2. The number of carbonyl (C=O) groups is 1. The van der Waals surface area contributed by atoms with Crippen molar-refractivity contribution in [2.45, 2.75) is 13.8 Å². The molecule has 106 valence electrons. The van der Waals surface area contributed by atoms with Gasteiger partial charge in [0.2, 0.25) is 0 Å². The highest BCUT2D eigenvalue weighted by atomic mass is 35.5. The topological polar surface area (TPSA) is 42.0 Å². The number of thiazole rings is 1. The number of aryl methyl sites for hydroxylation is 2. The van der Waals surface area contributed by atoms with Gasteiger partial charge >= 0.3 is 0 Å². The van der Waals surface area contributed by atoms with Crippen LogP contribution in [0.1, 0.15) is 21.5 Å². The largest absolute Gasteiger partial charge is 0.298 e. The highest BCUT2D eigenvalue weighted by Gasteiger charge is 2.11. The van der Waals surface area contributed by atoms with E-state index in [1.54, 1.807) is 6.07 Å². The smallest absolute Gasteiger partial charge is 0.257 e. The van der Waals surface area contributed by atoms with Crippen molar-refractivity contribution in [1.82, 2.24) is 4.98 Å². The minimum atomic E-state index is -0.152. The van der Waals surface area contributed by atoms with Gasteiger partial charge in [-0.15, -0.1) is 0 Å². The number of rotatable bonds is 2. The lowest BCUT2D eigenvalue weighted by molar-refractivity contribution is 0.102. The van der Waals surface area contributed by atoms with Gasteiger partial charge in [-0.25, -0.2) is 4.98 Å². The molecule has 1 aromatic heterocycles. The second-order valence-corrected chi connectivity index (χ2v) is 6.35. The third-order valence-electron chi connectivity index (χ3n) is 3.17. The molecule has 0 saturated heterocycles. The molecule has 2 aromatic carbocycles. The zero-order chi connectivity index (χ0) is 15.0. The normalized spacial score (nSPS) is 10.8. The lowest BCUT2D eigenvalue weighted by atomic mass is 10.1. The fraction of sp³-hybridized carbons (Fsp3) is 0.125. The summed E-state index contributed by atoms with van der Waals surface area (Å²) in [5, 5.41) is 4.11. The zero-order valence-corrected chi connectivity index (χ0v) is 13.2. The average Bonchev–Trinajstić information content (AvgIpc) is 2.80. The van der Waals surface area contributed by atoms with Crippen molar-refractivity contribution >= 4 is 44.2 Å². The summed E-state index contributed by atoms with van der Waals surface area (Å²) in [4.78, 5) is 16.6. The average molecular weight is 317 g/mol. The molecule has 3 aromatic rings. The number of hydrogen-bond donors (Lipinski definition) is 1. The number of benzene rings is 2. The number of amides is 1. The van der Waals surface area contributed by atoms with Crippen LogP contribution in [-0.2, 0) is 0 Å². The first-order valence-electron chi connectivity index (χ1n) is 6.47. The van der Waals surface area contributed by atoms with Gasteiger partial charge in [-0.3, -0.25) is 10.1 Å². The summed E-state index contributed by atoms with van der Waals surface area (Å²) in [5.74, 6) is -0.152. The van der Waals surface area contributed by atoms with Gasteiger partial charge in [0.05, 0.1) is 10.2 Å². The molecule has 0 saturated carbocycles. The summed E-state index contributed by atoms with van der Waals surface area (Å²) < 4.78 is 1.01. The molecule has 21 heavy (non-hydrogen) atoms. The summed E-state index contributed by atoms with van der Waals surface area (Å²) >= 11 is 7.54. The Labute approximate surface area is 131 Å². The summed E-state index contributed by atoms with van der Waals surface area (Å²) in [5.41, 5.74) is 3.48. The van der Waals surface area contributed by atoms with E-state index in [4.69, 9.17) is 11.6 Å². The second kappa shape index (κ2) is 5.47. The van der Waals surface area contributed by atoms with Crippen LogP contribution in [-0.4, -0.2) is 10.9 Å². The summed E-state index contributed by atoms with van der Waals surface area (Å²) in [6.45, 7) is 3.91. The molecule has 3 nitrogen and oxygen atoms in total. The van der Waals surface area contributed by atoms with Gasteiger partial charge in [0.1, 0.15) is 0 Å². The maximum absolute atomic E-state index is 12.2. The Kier molecular flexibility index (Phi) is 3.66.